The summed E-state index contributed by atoms with van der Waals surface area (Å²) in [7, 11) is 0. The van der Waals surface area contributed by atoms with Gasteiger partial charge < -0.3 is 10.3 Å². The molecule has 0 saturated carbocycles. The van der Waals surface area contributed by atoms with Crippen LogP contribution in [0.2, 0.25) is 0 Å². The summed E-state index contributed by atoms with van der Waals surface area (Å²) in [5.74, 6) is 0.748. The van der Waals surface area contributed by atoms with Gasteiger partial charge in [-0.3, -0.25) is 0 Å². The van der Waals surface area contributed by atoms with E-state index in [1.807, 2.05) is 17.7 Å². The Morgan fingerprint density at radius 1 is 1.37 bits per heavy atom. The van der Waals surface area contributed by atoms with Crippen molar-refractivity contribution in [2.75, 3.05) is 0 Å². The maximum absolute atomic E-state index is 13.5. The van der Waals surface area contributed by atoms with Gasteiger partial charge in [0, 0.05) is 24.9 Å². The van der Waals surface area contributed by atoms with Crippen LogP contribution in [-0.4, -0.2) is 15.6 Å². The third kappa shape index (κ3) is 3.01. The predicted molar refractivity (Wildman–Crippen MR) is 74.9 cm³/mol. The van der Waals surface area contributed by atoms with Gasteiger partial charge in [0.15, 0.2) is 0 Å². The van der Waals surface area contributed by atoms with Gasteiger partial charge in [-0.1, -0.05) is 13.8 Å². The number of nitrogens with two attached hydrogens (primary N) is 1. The minimum Gasteiger partial charge on any atom is -0.327 e. The predicted octanol–water partition coefficient (Wildman–Crippen LogP) is 2.85. The highest BCUT2D eigenvalue weighted by molar-refractivity contribution is 5.43. The molecule has 2 rings (SSSR count). The molecule has 102 valence electrons. The third-order valence-electron chi connectivity index (χ3n) is 3.34. The first kappa shape index (κ1) is 13.7. The minimum atomic E-state index is -0.222. The van der Waals surface area contributed by atoms with Crippen molar-refractivity contribution in [3.05, 3.63) is 47.8 Å². The zero-order valence-electron chi connectivity index (χ0n) is 11.4. The first-order valence-corrected chi connectivity index (χ1v) is 6.72. The van der Waals surface area contributed by atoms with Gasteiger partial charge in [-0.25, -0.2) is 9.37 Å². The van der Waals surface area contributed by atoms with Crippen molar-refractivity contribution >= 4 is 0 Å². The van der Waals surface area contributed by atoms with Crippen LogP contribution in [0.15, 0.2) is 30.6 Å². The minimum absolute atomic E-state index is 0.0501. The van der Waals surface area contributed by atoms with Crippen molar-refractivity contribution < 1.29 is 4.39 Å². The highest BCUT2D eigenvalue weighted by Crippen LogP contribution is 2.20. The maximum atomic E-state index is 13.5. The van der Waals surface area contributed by atoms with Crippen LogP contribution in [-0.2, 0) is 12.8 Å². The van der Waals surface area contributed by atoms with Gasteiger partial charge in [0.25, 0.3) is 0 Å². The molecule has 0 aliphatic heterocycles. The maximum Gasteiger partial charge on any atom is 0.123 e. The fourth-order valence-corrected chi connectivity index (χ4v) is 2.19. The molecule has 2 N–H and O–H groups in total. The standard InChI is InChI=1S/C15H20FN3/c1-3-13(17)10-11-9-12(16)5-6-14(11)19-8-7-18-15(19)4-2/h5-9,13H,3-4,10,17H2,1-2H3. The van der Waals surface area contributed by atoms with E-state index in [2.05, 4.69) is 11.9 Å². The number of hydrogen-bond donors (Lipinski definition) is 1. The highest BCUT2D eigenvalue weighted by Gasteiger charge is 2.12. The summed E-state index contributed by atoms with van der Waals surface area (Å²) in [6, 6.07) is 4.91. The van der Waals surface area contributed by atoms with Crippen LogP contribution in [0.3, 0.4) is 0 Å². The molecule has 19 heavy (non-hydrogen) atoms. The van der Waals surface area contributed by atoms with Crippen molar-refractivity contribution in [1.29, 1.82) is 0 Å². The molecule has 1 unspecified atom stereocenters. The molecule has 0 bridgehead atoms. The van der Waals surface area contributed by atoms with Crippen LogP contribution < -0.4 is 5.73 Å². The molecule has 2 aromatic rings. The van der Waals surface area contributed by atoms with E-state index in [0.29, 0.717) is 6.42 Å². The quantitative estimate of drug-likeness (QED) is 0.899. The van der Waals surface area contributed by atoms with Gasteiger partial charge in [-0.15, -0.1) is 0 Å². The average Bonchev–Trinajstić information content (AvgIpc) is 2.87. The summed E-state index contributed by atoms with van der Waals surface area (Å²) in [6.07, 6.45) is 6.06. The lowest BCUT2D eigenvalue weighted by Gasteiger charge is -2.15. The number of imidazole rings is 1. The molecule has 1 atom stereocenters. The van der Waals surface area contributed by atoms with Crippen LogP contribution >= 0.6 is 0 Å². The van der Waals surface area contributed by atoms with E-state index in [-0.39, 0.29) is 11.9 Å². The second-order valence-corrected chi connectivity index (χ2v) is 4.71. The molecule has 1 aromatic carbocycles. The number of nitrogens with zero attached hydrogens (tertiary/aromatic N) is 2. The molecular formula is C15H20FN3. The topological polar surface area (TPSA) is 43.8 Å². The Balaban J connectivity index is 2.44. The Morgan fingerprint density at radius 3 is 2.84 bits per heavy atom. The molecule has 0 spiro atoms. The normalized spacial score (nSPS) is 12.6. The second-order valence-electron chi connectivity index (χ2n) is 4.71. The van der Waals surface area contributed by atoms with E-state index >= 15 is 0 Å². The summed E-state index contributed by atoms with van der Waals surface area (Å²) in [5, 5.41) is 0. The molecule has 3 nitrogen and oxygen atoms in total. The second kappa shape index (κ2) is 5.97. The fourth-order valence-electron chi connectivity index (χ4n) is 2.19. The lowest BCUT2D eigenvalue weighted by Crippen LogP contribution is -2.22. The first-order valence-electron chi connectivity index (χ1n) is 6.72. The molecular weight excluding hydrogens is 241 g/mol. The van der Waals surface area contributed by atoms with Gasteiger partial charge in [0.2, 0.25) is 0 Å². The molecule has 0 saturated heterocycles. The van der Waals surface area contributed by atoms with Gasteiger partial charge in [-0.2, -0.15) is 0 Å². The van der Waals surface area contributed by atoms with E-state index in [1.54, 1.807) is 18.3 Å². The summed E-state index contributed by atoms with van der Waals surface area (Å²) in [6.45, 7) is 4.10. The van der Waals surface area contributed by atoms with Crippen LogP contribution in [0.4, 0.5) is 4.39 Å². The summed E-state index contributed by atoms with van der Waals surface area (Å²) >= 11 is 0. The van der Waals surface area contributed by atoms with Crippen LogP contribution in [0.1, 0.15) is 31.7 Å². The smallest absolute Gasteiger partial charge is 0.123 e. The summed E-state index contributed by atoms with van der Waals surface area (Å²) in [5.41, 5.74) is 7.90. The van der Waals surface area contributed by atoms with Gasteiger partial charge in [0.1, 0.15) is 11.6 Å². The number of benzene rings is 1. The number of rotatable bonds is 5. The average molecular weight is 261 g/mol. The van der Waals surface area contributed by atoms with E-state index in [4.69, 9.17) is 5.73 Å². The first-order chi connectivity index (χ1) is 9.15. The van der Waals surface area contributed by atoms with Crippen molar-refractivity contribution in [2.24, 2.45) is 5.73 Å². The zero-order valence-corrected chi connectivity index (χ0v) is 11.4. The summed E-state index contributed by atoms with van der Waals surface area (Å²) in [4.78, 5) is 4.31. The SMILES string of the molecule is CCc1nccn1-c1ccc(F)cc1CC(N)CC. The lowest BCUT2D eigenvalue weighted by molar-refractivity contribution is 0.612. The molecule has 0 amide bonds. The Bertz CT molecular complexity index is 548. The largest absolute Gasteiger partial charge is 0.327 e. The monoisotopic (exact) mass is 261 g/mol. The molecule has 0 aliphatic rings. The Kier molecular flexibility index (Phi) is 4.32. The van der Waals surface area contributed by atoms with E-state index in [1.165, 1.54) is 6.07 Å². The van der Waals surface area contributed by atoms with Crippen LogP contribution in [0.25, 0.3) is 5.69 Å². The van der Waals surface area contributed by atoms with Crippen LogP contribution in [0, 0.1) is 5.82 Å². The molecule has 0 radical (unpaired) electrons. The van der Waals surface area contributed by atoms with E-state index in [0.717, 1.165) is 29.9 Å². The number of hydrogen-bond acceptors (Lipinski definition) is 2. The van der Waals surface area contributed by atoms with Crippen molar-refractivity contribution in [3.63, 3.8) is 0 Å². The lowest BCUT2D eigenvalue weighted by atomic mass is 10.0. The molecule has 0 aliphatic carbocycles. The van der Waals surface area contributed by atoms with Gasteiger partial charge >= 0.3 is 0 Å². The van der Waals surface area contributed by atoms with E-state index < -0.39 is 0 Å². The molecule has 4 heteroatoms. The Labute approximate surface area is 113 Å². The van der Waals surface area contributed by atoms with E-state index in [9.17, 15) is 4.39 Å². The van der Waals surface area contributed by atoms with Crippen molar-refractivity contribution in [2.45, 2.75) is 39.2 Å². The molecule has 0 fully saturated rings. The van der Waals surface area contributed by atoms with Crippen molar-refractivity contribution in [1.82, 2.24) is 9.55 Å². The zero-order chi connectivity index (χ0) is 13.8. The number of aryl methyl sites for hydroxylation is 1. The molecule has 1 heterocycles. The van der Waals surface area contributed by atoms with Crippen molar-refractivity contribution in [3.8, 4) is 5.69 Å². The van der Waals surface area contributed by atoms with Crippen LogP contribution in [0.5, 0.6) is 0 Å². The fraction of sp³-hybridized carbons (Fsp3) is 0.400. The summed E-state index contributed by atoms with van der Waals surface area (Å²) < 4.78 is 15.5. The van der Waals surface area contributed by atoms with Gasteiger partial charge in [0.05, 0.1) is 5.69 Å². The highest BCUT2D eigenvalue weighted by atomic mass is 19.1. The third-order valence-corrected chi connectivity index (χ3v) is 3.34. The Hall–Kier alpha value is -1.68. The molecule has 1 aromatic heterocycles. The Morgan fingerprint density at radius 2 is 2.16 bits per heavy atom. The number of halogens is 1. The van der Waals surface area contributed by atoms with Gasteiger partial charge in [-0.05, 0) is 36.6 Å². The number of aromatic nitrogens is 2.